The lowest BCUT2D eigenvalue weighted by Crippen LogP contribution is -2.26. The number of carbonyl (C=O) groups excluding carboxylic acids is 1. The van der Waals surface area contributed by atoms with Crippen molar-refractivity contribution in [3.05, 3.63) is 69.8 Å². The average molecular weight is 433 g/mol. The second-order valence-corrected chi connectivity index (χ2v) is 13.5. The van der Waals surface area contributed by atoms with Gasteiger partial charge < -0.3 is 0 Å². The fourth-order valence-electron chi connectivity index (χ4n) is 4.67. The van der Waals surface area contributed by atoms with Crippen molar-refractivity contribution in [1.82, 2.24) is 0 Å². The van der Waals surface area contributed by atoms with Crippen molar-refractivity contribution in [2.45, 2.75) is 117 Å². The molecular formula is C31H44O. The van der Waals surface area contributed by atoms with Crippen molar-refractivity contribution in [3.63, 3.8) is 0 Å². The van der Waals surface area contributed by atoms with E-state index in [1.165, 1.54) is 22.3 Å². The summed E-state index contributed by atoms with van der Waals surface area (Å²) in [4.78, 5) is 13.2. The Labute approximate surface area is 197 Å². The predicted octanol–water partition coefficient (Wildman–Crippen LogP) is 7.98. The molecule has 0 heterocycles. The molecule has 0 saturated heterocycles. The van der Waals surface area contributed by atoms with Crippen LogP contribution in [0.2, 0.25) is 0 Å². The molecule has 32 heavy (non-hydrogen) atoms. The molecule has 0 unspecified atom stereocenters. The Kier molecular flexibility index (Phi) is 6.31. The van der Waals surface area contributed by atoms with Gasteiger partial charge in [0, 0.05) is 12.8 Å². The summed E-state index contributed by atoms with van der Waals surface area (Å²) in [5.41, 5.74) is 7.94. The number of benzene rings is 2. The first kappa shape index (κ1) is 24.7. The van der Waals surface area contributed by atoms with Gasteiger partial charge in [0.25, 0.3) is 0 Å². The highest BCUT2D eigenvalue weighted by Crippen LogP contribution is 2.39. The molecule has 2 aromatic carbocycles. The summed E-state index contributed by atoms with van der Waals surface area (Å²) in [5, 5.41) is 0. The third-order valence-electron chi connectivity index (χ3n) is 7.46. The molecule has 0 radical (unpaired) electrons. The third-order valence-corrected chi connectivity index (χ3v) is 7.46. The molecule has 1 aliphatic rings. The van der Waals surface area contributed by atoms with Gasteiger partial charge in [-0.05, 0) is 67.9 Å². The van der Waals surface area contributed by atoms with Crippen LogP contribution in [-0.2, 0) is 39.3 Å². The average Bonchev–Trinajstić information content (AvgIpc) is 2.64. The van der Waals surface area contributed by atoms with Crippen molar-refractivity contribution >= 4 is 5.78 Å². The van der Waals surface area contributed by atoms with E-state index in [0.29, 0.717) is 18.6 Å². The zero-order valence-electron chi connectivity index (χ0n) is 22.2. The summed E-state index contributed by atoms with van der Waals surface area (Å²) in [5.74, 6) is 0.300. The van der Waals surface area contributed by atoms with E-state index in [4.69, 9.17) is 0 Å². The SMILES string of the molecule is CC(C)(C)c1cc2cc(c1)C(C)(C)CCC(C)(C)c1cc(cc(C(C)(C)C)c1)CC(=O)C2. The smallest absolute Gasteiger partial charge is 0.141 e. The summed E-state index contributed by atoms with van der Waals surface area (Å²) in [7, 11) is 0. The van der Waals surface area contributed by atoms with Gasteiger partial charge in [0.15, 0.2) is 0 Å². The Morgan fingerprint density at radius 2 is 0.938 bits per heavy atom. The molecule has 1 heteroatoms. The molecule has 1 aliphatic carbocycles. The highest BCUT2D eigenvalue weighted by Gasteiger charge is 2.30. The van der Waals surface area contributed by atoms with Gasteiger partial charge in [0.2, 0.25) is 0 Å². The van der Waals surface area contributed by atoms with Crippen LogP contribution in [0.25, 0.3) is 0 Å². The van der Waals surface area contributed by atoms with Gasteiger partial charge >= 0.3 is 0 Å². The number of ketones is 1. The third kappa shape index (κ3) is 5.53. The van der Waals surface area contributed by atoms with Gasteiger partial charge in [-0.15, -0.1) is 0 Å². The number of carbonyl (C=O) groups is 1. The maximum absolute atomic E-state index is 13.2. The largest absolute Gasteiger partial charge is 0.299 e. The monoisotopic (exact) mass is 432 g/mol. The van der Waals surface area contributed by atoms with Gasteiger partial charge in [-0.3, -0.25) is 4.79 Å². The number of Topliss-reactive ketones (excluding diaryl/α,β-unsaturated/α-hetero) is 1. The first-order valence-corrected chi connectivity index (χ1v) is 12.3. The van der Waals surface area contributed by atoms with E-state index < -0.39 is 0 Å². The molecule has 0 fully saturated rings. The molecule has 3 rings (SSSR count). The van der Waals surface area contributed by atoms with E-state index in [-0.39, 0.29) is 21.7 Å². The van der Waals surface area contributed by atoms with Gasteiger partial charge in [-0.25, -0.2) is 0 Å². The number of hydrogen-bond donors (Lipinski definition) is 0. The summed E-state index contributed by atoms with van der Waals surface area (Å²) in [6, 6.07) is 13.9. The van der Waals surface area contributed by atoms with E-state index in [2.05, 4.69) is 106 Å². The van der Waals surface area contributed by atoms with Crippen molar-refractivity contribution in [1.29, 1.82) is 0 Å². The van der Waals surface area contributed by atoms with Crippen LogP contribution >= 0.6 is 0 Å². The summed E-state index contributed by atoms with van der Waals surface area (Å²) in [6.45, 7) is 23.1. The molecule has 0 aliphatic heterocycles. The Hall–Kier alpha value is -1.89. The van der Waals surface area contributed by atoms with E-state index in [9.17, 15) is 4.79 Å². The van der Waals surface area contributed by atoms with Crippen LogP contribution in [0.1, 0.15) is 115 Å². The van der Waals surface area contributed by atoms with Crippen molar-refractivity contribution in [2.24, 2.45) is 0 Å². The molecule has 174 valence electrons. The summed E-state index contributed by atoms with van der Waals surface area (Å²) >= 11 is 0. The lowest BCUT2D eigenvalue weighted by molar-refractivity contribution is -0.117. The van der Waals surface area contributed by atoms with E-state index in [1.54, 1.807) is 0 Å². The predicted molar refractivity (Wildman–Crippen MR) is 138 cm³/mol. The molecule has 1 nitrogen and oxygen atoms in total. The summed E-state index contributed by atoms with van der Waals surface area (Å²) in [6.07, 6.45) is 3.23. The zero-order chi connectivity index (χ0) is 24.1. The van der Waals surface area contributed by atoms with E-state index in [1.807, 2.05) is 0 Å². The van der Waals surface area contributed by atoms with E-state index in [0.717, 1.165) is 24.0 Å². The Morgan fingerprint density at radius 1 is 0.594 bits per heavy atom. The quantitative estimate of drug-likeness (QED) is 0.412. The molecule has 0 amide bonds. The van der Waals surface area contributed by atoms with Crippen LogP contribution in [0.4, 0.5) is 0 Å². The lowest BCUT2D eigenvalue weighted by atomic mass is 9.70. The standard InChI is InChI=1S/C31H44O/c1-28(2,3)23-13-21-15-25(19-23)30(7,8)11-12-31(9,10)26-16-22(18-27(32)17-21)14-24(20-26)29(4,5)6/h13-16,19-20H,11-12,17-18H2,1-10H3. The van der Waals surface area contributed by atoms with E-state index >= 15 is 0 Å². The second-order valence-electron chi connectivity index (χ2n) is 13.5. The first-order chi connectivity index (χ1) is 14.5. The van der Waals surface area contributed by atoms with Gasteiger partial charge in [-0.2, -0.15) is 0 Å². The number of fused-ring (bicyclic) bond motifs is 4. The number of rotatable bonds is 0. The molecule has 0 spiro atoms. The van der Waals surface area contributed by atoms with Gasteiger partial charge in [0.1, 0.15) is 5.78 Å². The van der Waals surface area contributed by atoms with Crippen LogP contribution in [0.15, 0.2) is 36.4 Å². The first-order valence-electron chi connectivity index (χ1n) is 12.3. The fraction of sp³-hybridized carbons (Fsp3) is 0.581. The molecule has 2 aromatic rings. The maximum Gasteiger partial charge on any atom is 0.141 e. The fourth-order valence-corrected chi connectivity index (χ4v) is 4.67. The van der Waals surface area contributed by atoms with Crippen LogP contribution < -0.4 is 0 Å². The zero-order valence-corrected chi connectivity index (χ0v) is 22.2. The van der Waals surface area contributed by atoms with Crippen LogP contribution in [0, 0.1) is 0 Å². The highest BCUT2D eigenvalue weighted by atomic mass is 16.1. The topological polar surface area (TPSA) is 17.1 Å². The van der Waals surface area contributed by atoms with Crippen LogP contribution in [0.5, 0.6) is 0 Å². The highest BCUT2D eigenvalue weighted by molar-refractivity contribution is 5.83. The molecule has 0 atom stereocenters. The van der Waals surface area contributed by atoms with Crippen LogP contribution in [0.3, 0.4) is 0 Å². The molecule has 0 aromatic heterocycles. The Balaban J connectivity index is 2.17. The maximum atomic E-state index is 13.2. The second kappa shape index (κ2) is 8.15. The number of hydrogen-bond acceptors (Lipinski definition) is 1. The molecule has 0 N–H and O–H groups in total. The minimum absolute atomic E-state index is 0.0504. The molecule has 4 bridgehead atoms. The minimum atomic E-state index is 0.0504. The van der Waals surface area contributed by atoms with Gasteiger partial charge in [-0.1, -0.05) is 106 Å². The van der Waals surface area contributed by atoms with Crippen molar-refractivity contribution in [3.8, 4) is 0 Å². The van der Waals surface area contributed by atoms with Crippen molar-refractivity contribution < 1.29 is 4.79 Å². The van der Waals surface area contributed by atoms with Gasteiger partial charge in [0.05, 0.1) is 0 Å². The van der Waals surface area contributed by atoms with Crippen molar-refractivity contribution in [2.75, 3.05) is 0 Å². The normalized spacial score (nSPS) is 19.0. The molecule has 0 saturated carbocycles. The minimum Gasteiger partial charge on any atom is -0.299 e. The van der Waals surface area contributed by atoms with Crippen LogP contribution in [-0.4, -0.2) is 5.78 Å². The Bertz CT molecular complexity index is 924. The Morgan fingerprint density at radius 3 is 1.25 bits per heavy atom. The summed E-state index contributed by atoms with van der Waals surface area (Å²) < 4.78 is 0. The lowest BCUT2D eigenvalue weighted by Gasteiger charge is -2.34. The molecular weight excluding hydrogens is 388 g/mol.